The normalized spacial score (nSPS) is 10.8. The lowest BCUT2D eigenvalue weighted by molar-refractivity contribution is 0.0710. The van der Waals surface area contributed by atoms with Crippen LogP contribution >= 0.6 is 0 Å². The van der Waals surface area contributed by atoms with Crippen molar-refractivity contribution in [3.63, 3.8) is 0 Å². The van der Waals surface area contributed by atoms with E-state index in [9.17, 15) is 4.79 Å². The third-order valence-electron chi connectivity index (χ3n) is 5.27. The fourth-order valence-electron chi connectivity index (χ4n) is 3.73. The predicted molar refractivity (Wildman–Crippen MR) is 125 cm³/mol. The zero-order valence-electron chi connectivity index (χ0n) is 19.0. The minimum atomic E-state index is -0.173. The minimum Gasteiger partial charge on any atom is -0.493 e. The van der Waals surface area contributed by atoms with Crippen LogP contribution in [0.1, 0.15) is 29.5 Å². The number of aryl methyl sites for hydroxylation is 1. The number of carbonyl (C=O) groups is 1. The number of methoxy groups -OCH3 is 1. The van der Waals surface area contributed by atoms with Crippen molar-refractivity contribution >= 4 is 5.91 Å². The van der Waals surface area contributed by atoms with Gasteiger partial charge in [-0.15, -0.1) is 0 Å². The summed E-state index contributed by atoms with van der Waals surface area (Å²) in [6.07, 6.45) is 2.31. The molecule has 7 heteroatoms. The van der Waals surface area contributed by atoms with Gasteiger partial charge in [-0.3, -0.25) is 4.79 Å². The van der Waals surface area contributed by atoms with Crippen molar-refractivity contribution in [1.29, 1.82) is 0 Å². The second kappa shape index (κ2) is 10.1. The van der Waals surface area contributed by atoms with Gasteiger partial charge in [0, 0.05) is 19.2 Å². The average Bonchev–Trinajstić information content (AvgIpc) is 3.49. The van der Waals surface area contributed by atoms with E-state index in [4.69, 9.17) is 19.0 Å². The maximum absolute atomic E-state index is 13.2. The largest absolute Gasteiger partial charge is 0.493 e. The maximum Gasteiger partial charge on any atom is 0.289 e. The first-order chi connectivity index (χ1) is 16.1. The molecule has 170 valence electrons. The van der Waals surface area contributed by atoms with E-state index >= 15 is 0 Å². The van der Waals surface area contributed by atoms with E-state index in [2.05, 4.69) is 0 Å². The summed E-state index contributed by atoms with van der Waals surface area (Å²) in [5, 5.41) is 4.76. The molecule has 0 aliphatic heterocycles. The topological polar surface area (TPSA) is 69.7 Å². The van der Waals surface area contributed by atoms with Crippen molar-refractivity contribution in [2.75, 3.05) is 13.7 Å². The number of ether oxygens (including phenoxy) is 2. The summed E-state index contributed by atoms with van der Waals surface area (Å²) >= 11 is 0. The lowest BCUT2D eigenvalue weighted by atomic mass is 10.1. The van der Waals surface area contributed by atoms with E-state index < -0.39 is 0 Å². The molecule has 4 rings (SSSR count). The second-order valence-corrected chi connectivity index (χ2v) is 7.58. The summed E-state index contributed by atoms with van der Waals surface area (Å²) < 4.78 is 18.9. The summed E-state index contributed by atoms with van der Waals surface area (Å²) in [6.45, 7) is 2.92. The molecule has 0 unspecified atom stereocenters. The molecule has 0 saturated heterocycles. The van der Waals surface area contributed by atoms with E-state index in [0.29, 0.717) is 36.2 Å². The van der Waals surface area contributed by atoms with Crippen molar-refractivity contribution in [1.82, 2.24) is 14.7 Å². The number of benzene rings is 2. The lowest BCUT2D eigenvalue weighted by Crippen LogP contribution is -2.31. The molecule has 0 aliphatic rings. The molecule has 33 heavy (non-hydrogen) atoms. The van der Waals surface area contributed by atoms with Crippen LogP contribution in [-0.2, 0) is 13.6 Å². The van der Waals surface area contributed by atoms with Crippen LogP contribution in [0.2, 0.25) is 0 Å². The van der Waals surface area contributed by atoms with E-state index in [1.165, 1.54) is 6.26 Å². The molecule has 0 spiro atoms. The number of hydrogen-bond acceptors (Lipinski definition) is 5. The van der Waals surface area contributed by atoms with E-state index in [1.54, 1.807) is 28.8 Å². The van der Waals surface area contributed by atoms with Gasteiger partial charge >= 0.3 is 0 Å². The molecule has 2 aromatic heterocycles. The van der Waals surface area contributed by atoms with E-state index in [-0.39, 0.29) is 5.91 Å². The Morgan fingerprint density at radius 1 is 1.03 bits per heavy atom. The number of furan rings is 1. The summed E-state index contributed by atoms with van der Waals surface area (Å²) in [5.74, 6) is 1.87. The predicted octanol–water partition coefficient (Wildman–Crippen LogP) is 5.53. The highest BCUT2D eigenvalue weighted by Crippen LogP contribution is 2.37. The van der Waals surface area contributed by atoms with Crippen LogP contribution in [0.25, 0.3) is 11.3 Å². The van der Waals surface area contributed by atoms with Gasteiger partial charge in [-0.2, -0.15) is 5.10 Å². The summed E-state index contributed by atoms with van der Waals surface area (Å²) in [7, 11) is 3.44. The van der Waals surface area contributed by atoms with Crippen molar-refractivity contribution in [3.05, 3.63) is 84.3 Å². The molecular formula is C26H27N3O4. The van der Waals surface area contributed by atoms with Crippen LogP contribution < -0.4 is 9.47 Å². The summed E-state index contributed by atoms with van der Waals surface area (Å²) in [4.78, 5) is 14.9. The first-order valence-electron chi connectivity index (χ1n) is 10.9. The van der Waals surface area contributed by atoms with Gasteiger partial charge < -0.3 is 18.8 Å². The summed E-state index contributed by atoms with van der Waals surface area (Å²) in [6, 6.07) is 20.7. The highest BCUT2D eigenvalue weighted by Gasteiger charge is 2.26. The Kier molecular flexibility index (Phi) is 6.78. The average molecular weight is 446 g/mol. The fraction of sp³-hybridized carbons (Fsp3) is 0.231. The Morgan fingerprint density at radius 2 is 1.76 bits per heavy atom. The van der Waals surface area contributed by atoms with Crippen LogP contribution in [0.3, 0.4) is 0 Å². The van der Waals surface area contributed by atoms with Gasteiger partial charge in [-0.25, -0.2) is 4.68 Å². The molecule has 1 amide bonds. The van der Waals surface area contributed by atoms with Gasteiger partial charge in [0.2, 0.25) is 5.88 Å². The number of hydrogen-bond donors (Lipinski definition) is 0. The monoisotopic (exact) mass is 445 g/mol. The first-order valence-corrected chi connectivity index (χ1v) is 10.9. The minimum absolute atomic E-state index is 0.173. The quantitative estimate of drug-likeness (QED) is 0.339. The van der Waals surface area contributed by atoms with Crippen molar-refractivity contribution < 1.29 is 18.7 Å². The number of aromatic nitrogens is 2. The molecule has 2 aromatic carbocycles. The van der Waals surface area contributed by atoms with Gasteiger partial charge in [0.1, 0.15) is 5.69 Å². The molecule has 0 bridgehead atoms. The Balaban J connectivity index is 1.79. The lowest BCUT2D eigenvalue weighted by Gasteiger charge is -2.22. The molecule has 0 saturated carbocycles. The smallest absolute Gasteiger partial charge is 0.289 e. The Hall–Kier alpha value is -4.00. The molecule has 4 aromatic rings. The molecule has 0 atom stereocenters. The highest BCUT2D eigenvalue weighted by atomic mass is 16.5. The SMILES string of the molecule is CCCN(Cc1c(-c2ccccc2)nn(C)c1Oc1ccccc1OC)C(=O)c1ccco1. The van der Waals surface area contributed by atoms with Gasteiger partial charge in [0.05, 0.1) is 25.5 Å². The van der Waals surface area contributed by atoms with Gasteiger partial charge in [0.15, 0.2) is 17.3 Å². The fourth-order valence-corrected chi connectivity index (χ4v) is 3.73. The van der Waals surface area contributed by atoms with Crippen LogP contribution in [0.4, 0.5) is 0 Å². The van der Waals surface area contributed by atoms with E-state index in [1.807, 2.05) is 68.6 Å². The molecule has 0 fully saturated rings. The molecule has 0 aliphatic carbocycles. The highest BCUT2D eigenvalue weighted by molar-refractivity contribution is 5.91. The molecule has 0 N–H and O–H groups in total. The molecular weight excluding hydrogens is 418 g/mol. The maximum atomic E-state index is 13.2. The second-order valence-electron chi connectivity index (χ2n) is 7.58. The first kappa shape index (κ1) is 22.2. The Bertz CT molecular complexity index is 1200. The summed E-state index contributed by atoms with van der Waals surface area (Å²) in [5.41, 5.74) is 2.51. The van der Waals surface area contributed by atoms with Gasteiger partial charge in [-0.05, 0) is 30.7 Å². The molecule has 7 nitrogen and oxygen atoms in total. The number of nitrogens with zero attached hydrogens (tertiary/aromatic N) is 3. The van der Waals surface area contributed by atoms with Crippen LogP contribution in [0, 0.1) is 0 Å². The Labute approximate surface area is 193 Å². The number of carbonyl (C=O) groups excluding carboxylic acids is 1. The Morgan fingerprint density at radius 3 is 2.42 bits per heavy atom. The third-order valence-corrected chi connectivity index (χ3v) is 5.27. The van der Waals surface area contributed by atoms with Crippen LogP contribution in [0.15, 0.2) is 77.4 Å². The van der Waals surface area contributed by atoms with Crippen molar-refractivity contribution in [2.45, 2.75) is 19.9 Å². The molecule has 0 radical (unpaired) electrons. The zero-order chi connectivity index (χ0) is 23.2. The zero-order valence-corrected chi connectivity index (χ0v) is 19.0. The third kappa shape index (κ3) is 4.77. The number of amides is 1. The van der Waals surface area contributed by atoms with Crippen molar-refractivity contribution in [2.24, 2.45) is 7.05 Å². The van der Waals surface area contributed by atoms with E-state index in [0.717, 1.165) is 23.2 Å². The number of para-hydroxylation sites is 2. The number of rotatable bonds is 9. The molecule has 2 heterocycles. The standard InChI is InChI=1S/C26H27N3O4/c1-4-16-29(25(30)23-15-10-17-32-23)18-20-24(19-11-6-5-7-12-19)27-28(2)26(20)33-22-14-9-8-13-21(22)31-3/h5-15,17H,4,16,18H2,1-3H3. The van der Waals surface area contributed by atoms with Gasteiger partial charge in [0.25, 0.3) is 5.91 Å². The van der Waals surface area contributed by atoms with Crippen LogP contribution in [0.5, 0.6) is 17.4 Å². The van der Waals surface area contributed by atoms with Crippen molar-refractivity contribution in [3.8, 4) is 28.6 Å². The van der Waals surface area contributed by atoms with Crippen LogP contribution in [-0.4, -0.2) is 34.2 Å². The van der Waals surface area contributed by atoms with Gasteiger partial charge in [-0.1, -0.05) is 49.4 Å².